The molecular weight excluding hydrogens is 229 g/mol. The van der Waals surface area contributed by atoms with Crippen molar-refractivity contribution in [1.82, 2.24) is 4.90 Å². The van der Waals surface area contributed by atoms with Gasteiger partial charge in [-0.25, -0.2) is 0 Å². The number of aliphatic carboxylic acids is 1. The van der Waals surface area contributed by atoms with E-state index in [9.17, 15) is 22.8 Å². The molecule has 0 spiro atoms. The summed E-state index contributed by atoms with van der Waals surface area (Å²) in [5.41, 5.74) is 4.90. The van der Waals surface area contributed by atoms with Crippen LogP contribution in [-0.2, 0) is 9.59 Å². The summed E-state index contributed by atoms with van der Waals surface area (Å²) in [6.45, 7) is -0.887. The number of alkyl halides is 3. The molecule has 0 heterocycles. The Labute approximate surface area is 90.0 Å². The van der Waals surface area contributed by atoms with E-state index in [1.165, 1.54) is 6.92 Å². The largest absolute Gasteiger partial charge is 0.480 e. The molecule has 8 heteroatoms. The summed E-state index contributed by atoms with van der Waals surface area (Å²) in [4.78, 5) is 21.7. The van der Waals surface area contributed by atoms with Crippen molar-refractivity contribution in [2.24, 2.45) is 5.73 Å². The number of amides is 1. The minimum Gasteiger partial charge on any atom is -0.480 e. The van der Waals surface area contributed by atoms with E-state index in [0.717, 1.165) is 0 Å². The topological polar surface area (TPSA) is 83.6 Å². The third-order valence-electron chi connectivity index (χ3n) is 1.88. The molecule has 0 aromatic carbocycles. The van der Waals surface area contributed by atoms with Crippen molar-refractivity contribution in [1.29, 1.82) is 0 Å². The molecule has 0 fully saturated rings. The van der Waals surface area contributed by atoms with Crippen molar-refractivity contribution in [3.63, 3.8) is 0 Å². The zero-order valence-electron chi connectivity index (χ0n) is 8.62. The first-order valence-corrected chi connectivity index (χ1v) is 4.49. The molecule has 1 amide bonds. The second-order valence-electron chi connectivity index (χ2n) is 3.24. The summed E-state index contributed by atoms with van der Waals surface area (Å²) in [5.74, 6) is -2.41. The highest BCUT2D eigenvalue weighted by Crippen LogP contribution is 2.18. The number of carbonyl (C=O) groups is 2. The molecule has 0 bridgehead atoms. The molecule has 0 aliphatic rings. The minimum atomic E-state index is -4.57. The number of carboxylic acids is 1. The average Bonchev–Trinajstić information content (AvgIpc) is 1.99. The number of primary amides is 1. The minimum absolute atomic E-state index is 0.0265. The molecule has 0 saturated heterocycles. The second kappa shape index (κ2) is 5.69. The summed E-state index contributed by atoms with van der Waals surface area (Å²) in [6.07, 6.45) is -4.54. The van der Waals surface area contributed by atoms with Crippen molar-refractivity contribution in [3.8, 4) is 0 Å². The van der Waals surface area contributed by atoms with Gasteiger partial charge in [0.15, 0.2) is 0 Å². The lowest BCUT2D eigenvalue weighted by molar-refractivity contribution is -0.160. The van der Waals surface area contributed by atoms with E-state index in [4.69, 9.17) is 10.8 Å². The molecule has 0 aromatic heterocycles. The molecule has 1 atom stereocenters. The molecule has 0 aliphatic heterocycles. The lowest BCUT2D eigenvalue weighted by atomic mass is 10.1. The quantitative estimate of drug-likeness (QED) is 0.696. The van der Waals surface area contributed by atoms with Crippen LogP contribution in [0.1, 0.15) is 13.3 Å². The highest BCUT2D eigenvalue weighted by Gasteiger charge is 2.36. The molecule has 0 saturated carbocycles. The number of carbonyl (C=O) groups excluding carboxylic acids is 1. The lowest BCUT2D eigenvalue weighted by Crippen LogP contribution is -2.50. The predicted molar refractivity (Wildman–Crippen MR) is 48.5 cm³/mol. The maximum Gasteiger partial charge on any atom is 0.401 e. The first-order valence-electron chi connectivity index (χ1n) is 4.49. The Morgan fingerprint density at radius 1 is 1.44 bits per heavy atom. The zero-order valence-corrected chi connectivity index (χ0v) is 8.62. The van der Waals surface area contributed by atoms with Gasteiger partial charge >= 0.3 is 12.1 Å². The van der Waals surface area contributed by atoms with Crippen molar-refractivity contribution in [3.05, 3.63) is 0 Å². The van der Waals surface area contributed by atoms with Gasteiger partial charge in [-0.2, -0.15) is 13.2 Å². The Kier molecular flexibility index (Phi) is 5.22. The molecule has 0 aliphatic carbocycles. The van der Waals surface area contributed by atoms with E-state index in [2.05, 4.69) is 0 Å². The van der Waals surface area contributed by atoms with Gasteiger partial charge < -0.3 is 10.8 Å². The number of nitrogens with zero attached hydrogens (tertiary/aromatic N) is 1. The van der Waals surface area contributed by atoms with Crippen LogP contribution >= 0.6 is 0 Å². The Balaban J connectivity index is 4.76. The first kappa shape index (κ1) is 14.7. The summed E-state index contributed by atoms with van der Waals surface area (Å²) >= 11 is 0. The van der Waals surface area contributed by atoms with E-state index < -0.39 is 37.2 Å². The van der Waals surface area contributed by atoms with Gasteiger partial charge in [-0.3, -0.25) is 14.5 Å². The normalized spacial score (nSPS) is 13.8. The van der Waals surface area contributed by atoms with Crippen LogP contribution in [-0.4, -0.2) is 47.2 Å². The smallest absolute Gasteiger partial charge is 0.401 e. The van der Waals surface area contributed by atoms with Crippen molar-refractivity contribution in [2.45, 2.75) is 25.6 Å². The summed E-state index contributed by atoms with van der Waals surface area (Å²) < 4.78 is 36.4. The maximum absolute atomic E-state index is 12.1. The van der Waals surface area contributed by atoms with Gasteiger partial charge in [0.05, 0.1) is 19.1 Å². The standard InChI is InChI=1S/C8H13F3N2O3/c1-2-5(7(12)16)13(3-6(14)15)4-8(9,10)11/h5H,2-4H2,1H3,(H2,12,16)(H,14,15). The number of nitrogens with two attached hydrogens (primary N) is 1. The number of hydrogen-bond acceptors (Lipinski definition) is 3. The molecular formula is C8H13F3N2O3. The molecule has 0 radical (unpaired) electrons. The van der Waals surface area contributed by atoms with Crippen LogP contribution in [0, 0.1) is 0 Å². The predicted octanol–water partition coefficient (Wildman–Crippen LogP) is 0.199. The van der Waals surface area contributed by atoms with Gasteiger partial charge in [0, 0.05) is 0 Å². The average molecular weight is 242 g/mol. The second-order valence-corrected chi connectivity index (χ2v) is 3.24. The molecule has 16 heavy (non-hydrogen) atoms. The SMILES string of the molecule is CCC(C(N)=O)N(CC(=O)O)CC(F)(F)F. The summed E-state index contributed by atoms with van der Waals surface area (Å²) in [6, 6.07) is -1.22. The van der Waals surface area contributed by atoms with Crippen LogP contribution < -0.4 is 5.73 Å². The van der Waals surface area contributed by atoms with Gasteiger partial charge in [0.2, 0.25) is 5.91 Å². The third-order valence-corrected chi connectivity index (χ3v) is 1.88. The van der Waals surface area contributed by atoms with Crippen LogP contribution in [0.2, 0.25) is 0 Å². The number of rotatable bonds is 6. The number of hydrogen-bond donors (Lipinski definition) is 2. The third kappa shape index (κ3) is 5.54. The number of halogens is 3. The Bertz CT molecular complexity index is 268. The number of carboxylic acid groups (broad SMARTS) is 1. The maximum atomic E-state index is 12.1. The highest BCUT2D eigenvalue weighted by atomic mass is 19.4. The first-order chi connectivity index (χ1) is 7.17. The van der Waals surface area contributed by atoms with Crippen LogP contribution in [0.15, 0.2) is 0 Å². The van der Waals surface area contributed by atoms with Crippen molar-refractivity contribution in [2.75, 3.05) is 13.1 Å². The van der Waals surface area contributed by atoms with Crippen LogP contribution in [0.3, 0.4) is 0 Å². The van der Waals surface area contributed by atoms with Crippen LogP contribution in [0.5, 0.6) is 0 Å². The molecule has 1 unspecified atom stereocenters. The molecule has 0 rings (SSSR count). The zero-order chi connectivity index (χ0) is 12.9. The molecule has 0 aromatic rings. The molecule has 3 N–H and O–H groups in total. The van der Waals surface area contributed by atoms with Gasteiger partial charge in [-0.05, 0) is 6.42 Å². The van der Waals surface area contributed by atoms with E-state index in [1.807, 2.05) is 0 Å². The fourth-order valence-corrected chi connectivity index (χ4v) is 1.32. The summed E-state index contributed by atoms with van der Waals surface area (Å²) in [7, 11) is 0. The fourth-order valence-electron chi connectivity index (χ4n) is 1.32. The van der Waals surface area contributed by atoms with Gasteiger partial charge in [-0.15, -0.1) is 0 Å². The molecule has 94 valence electrons. The monoisotopic (exact) mass is 242 g/mol. The van der Waals surface area contributed by atoms with Crippen LogP contribution in [0.25, 0.3) is 0 Å². The van der Waals surface area contributed by atoms with Crippen molar-refractivity contribution < 1.29 is 27.9 Å². The highest BCUT2D eigenvalue weighted by molar-refractivity contribution is 5.80. The van der Waals surface area contributed by atoms with E-state index >= 15 is 0 Å². The fraction of sp³-hybridized carbons (Fsp3) is 0.750. The lowest BCUT2D eigenvalue weighted by Gasteiger charge is -2.27. The van der Waals surface area contributed by atoms with Gasteiger partial charge in [0.1, 0.15) is 0 Å². The Morgan fingerprint density at radius 3 is 2.19 bits per heavy atom. The Hall–Kier alpha value is -1.31. The van der Waals surface area contributed by atoms with Crippen molar-refractivity contribution >= 4 is 11.9 Å². The van der Waals surface area contributed by atoms with E-state index in [1.54, 1.807) is 0 Å². The Morgan fingerprint density at radius 2 is 1.94 bits per heavy atom. The summed E-state index contributed by atoms with van der Waals surface area (Å²) in [5, 5.41) is 8.45. The van der Waals surface area contributed by atoms with Crippen LogP contribution in [0.4, 0.5) is 13.2 Å². The molecule has 5 nitrogen and oxygen atoms in total. The van der Waals surface area contributed by atoms with E-state index in [-0.39, 0.29) is 6.42 Å². The van der Waals surface area contributed by atoms with E-state index in [0.29, 0.717) is 4.90 Å². The van der Waals surface area contributed by atoms with Gasteiger partial charge in [-0.1, -0.05) is 6.92 Å². The van der Waals surface area contributed by atoms with Gasteiger partial charge in [0.25, 0.3) is 0 Å².